The fraction of sp³-hybridized carbons (Fsp3) is 0.556. The summed E-state index contributed by atoms with van der Waals surface area (Å²) in [5.41, 5.74) is 0. The molecular weight excluding hydrogens is 413 g/mol. The third kappa shape index (κ3) is 4.61. The minimum absolute atomic E-state index is 0.311. The molecule has 1 aromatic heterocycles. The smallest absolute Gasteiger partial charge is 0.191 e. The van der Waals surface area contributed by atoms with E-state index in [1.807, 2.05) is 24.3 Å². The first kappa shape index (κ1) is 20.1. The van der Waals surface area contributed by atoms with E-state index in [1.165, 1.54) is 0 Å². The molecule has 0 N–H and O–H groups in total. The molecule has 2 aromatic rings. The highest BCUT2D eigenvalue weighted by atomic mass is 35.5. The SMILES string of the molecule is CCC(CC)n1c(COc2ccccc2Cl)nnc1SC[C@H]1CC1(Cl)Cl. The number of nitrogens with zero attached hydrogens (tertiary/aromatic N) is 3. The second-order valence-corrected chi connectivity index (χ2v) is 9.37. The lowest BCUT2D eigenvalue weighted by Crippen LogP contribution is -2.14. The van der Waals surface area contributed by atoms with Gasteiger partial charge in [0.15, 0.2) is 11.0 Å². The van der Waals surface area contributed by atoms with Crippen molar-refractivity contribution in [2.24, 2.45) is 5.92 Å². The van der Waals surface area contributed by atoms with E-state index in [0.717, 1.165) is 36.0 Å². The molecule has 0 aliphatic heterocycles. The van der Waals surface area contributed by atoms with Crippen LogP contribution < -0.4 is 4.74 Å². The molecule has 1 aliphatic carbocycles. The van der Waals surface area contributed by atoms with Crippen molar-refractivity contribution >= 4 is 46.6 Å². The Morgan fingerprint density at radius 2 is 1.96 bits per heavy atom. The van der Waals surface area contributed by atoms with Crippen molar-refractivity contribution in [3.05, 3.63) is 35.1 Å². The molecule has 1 atom stereocenters. The van der Waals surface area contributed by atoms with Crippen LogP contribution in [0.2, 0.25) is 5.02 Å². The van der Waals surface area contributed by atoms with Gasteiger partial charge >= 0.3 is 0 Å². The van der Waals surface area contributed by atoms with Crippen LogP contribution in [0.25, 0.3) is 0 Å². The van der Waals surface area contributed by atoms with E-state index in [1.54, 1.807) is 11.8 Å². The lowest BCUT2D eigenvalue weighted by molar-refractivity contribution is 0.278. The Labute approximate surface area is 173 Å². The molecule has 0 amide bonds. The number of benzene rings is 1. The number of hydrogen-bond donors (Lipinski definition) is 0. The summed E-state index contributed by atoms with van der Waals surface area (Å²) < 4.78 is 7.50. The minimum Gasteiger partial charge on any atom is -0.484 e. The Morgan fingerprint density at radius 1 is 1.27 bits per heavy atom. The standard InChI is InChI=1S/C18H22Cl3N3OS/c1-3-13(4-2)24-16(10-25-15-8-6-5-7-14(15)19)22-23-17(24)26-11-12-9-18(12,20)21/h5-8,12-13H,3-4,9-11H2,1-2H3/t12-/m1/s1. The van der Waals surface area contributed by atoms with Gasteiger partial charge in [0.2, 0.25) is 0 Å². The van der Waals surface area contributed by atoms with E-state index >= 15 is 0 Å². The van der Waals surface area contributed by atoms with Crippen molar-refractivity contribution in [2.75, 3.05) is 5.75 Å². The lowest BCUT2D eigenvalue weighted by Gasteiger charge is -2.19. The van der Waals surface area contributed by atoms with Crippen molar-refractivity contribution in [1.29, 1.82) is 0 Å². The maximum atomic E-state index is 6.17. The zero-order valence-corrected chi connectivity index (χ0v) is 17.9. The summed E-state index contributed by atoms with van der Waals surface area (Å²) in [6, 6.07) is 7.76. The van der Waals surface area contributed by atoms with E-state index in [2.05, 4.69) is 28.6 Å². The number of thioether (sulfide) groups is 1. The largest absolute Gasteiger partial charge is 0.484 e. The van der Waals surface area contributed by atoms with Crippen LogP contribution in [0.1, 0.15) is 45.0 Å². The summed E-state index contributed by atoms with van der Waals surface area (Å²) in [7, 11) is 0. The van der Waals surface area contributed by atoms with E-state index in [-0.39, 0.29) is 0 Å². The molecule has 1 aromatic carbocycles. The normalized spacial score (nSPS) is 18.3. The van der Waals surface area contributed by atoms with E-state index in [0.29, 0.717) is 29.3 Å². The fourth-order valence-electron chi connectivity index (χ4n) is 2.85. The molecule has 0 saturated heterocycles. The van der Waals surface area contributed by atoms with Crippen LogP contribution in [0.15, 0.2) is 29.4 Å². The van der Waals surface area contributed by atoms with Gasteiger partial charge in [0.05, 0.1) is 5.02 Å². The average molecular weight is 435 g/mol. The van der Waals surface area contributed by atoms with Crippen molar-refractivity contribution in [2.45, 2.75) is 55.2 Å². The number of hydrogen-bond acceptors (Lipinski definition) is 4. The minimum atomic E-state index is -0.567. The molecule has 1 heterocycles. The summed E-state index contributed by atoms with van der Waals surface area (Å²) in [5.74, 6) is 2.61. The van der Waals surface area contributed by atoms with Gasteiger partial charge in [-0.1, -0.05) is 49.3 Å². The highest BCUT2D eigenvalue weighted by molar-refractivity contribution is 7.99. The van der Waals surface area contributed by atoms with Gasteiger partial charge in [-0.2, -0.15) is 0 Å². The monoisotopic (exact) mass is 433 g/mol. The molecule has 1 saturated carbocycles. The van der Waals surface area contributed by atoms with Gasteiger partial charge in [0, 0.05) is 17.7 Å². The first-order valence-corrected chi connectivity index (χ1v) is 10.9. The van der Waals surface area contributed by atoms with Crippen LogP contribution in [0.5, 0.6) is 5.75 Å². The van der Waals surface area contributed by atoms with Crippen LogP contribution in [0.4, 0.5) is 0 Å². The van der Waals surface area contributed by atoms with E-state index < -0.39 is 4.33 Å². The fourth-order valence-corrected chi connectivity index (χ4v) is 5.00. The Balaban J connectivity index is 1.74. The molecule has 0 spiro atoms. The topological polar surface area (TPSA) is 39.9 Å². The van der Waals surface area contributed by atoms with Gasteiger partial charge in [-0.3, -0.25) is 0 Å². The highest BCUT2D eigenvalue weighted by Crippen LogP contribution is 2.54. The Hall–Kier alpha value is -0.620. The number of aromatic nitrogens is 3. The van der Waals surface area contributed by atoms with Gasteiger partial charge in [0.1, 0.15) is 16.7 Å². The first-order chi connectivity index (χ1) is 12.5. The van der Waals surface area contributed by atoms with Gasteiger partial charge in [-0.25, -0.2) is 0 Å². The quantitative estimate of drug-likeness (QED) is 0.350. The lowest BCUT2D eigenvalue weighted by atomic mass is 10.2. The van der Waals surface area contributed by atoms with Gasteiger partial charge in [-0.05, 0) is 31.4 Å². The third-order valence-electron chi connectivity index (χ3n) is 4.61. The average Bonchev–Trinajstić information content (AvgIpc) is 3.05. The Morgan fingerprint density at radius 3 is 2.58 bits per heavy atom. The molecule has 3 rings (SSSR count). The predicted octanol–water partition coefficient (Wildman–Crippen LogP) is 6.16. The summed E-state index contributed by atoms with van der Waals surface area (Å²) in [4.78, 5) is 0. The number of halogens is 3. The van der Waals surface area contributed by atoms with E-state index in [9.17, 15) is 0 Å². The number of alkyl halides is 2. The molecule has 26 heavy (non-hydrogen) atoms. The molecule has 1 aliphatic rings. The molecule has 0 bridgehead atoms. The summed E-state index contributed by atoms with van der Waals surface area (Å²) in [6.07, 6.45) is 2.84. The summed E-state index contributed by atoms with van der Waals surface area (Å²) in [5, 5.41) is 10.2. The van der Waals surface area contributed by atoms with Crippen LogP contribution in [0.3, 0.4) is 0 Å². The van der Waals surface area contributed by atoms with Crippen molar-refractivity contribution < 1.29 is 4.74 Å². The van der Waals surface area contributed by atoms with E-state index in [4.69, 9.17) is 39.5 Å². The molecular formula is C18H22Cl3N3OS. The Bertz CT molecular complexity index is 749. The van der Waals surface area contributed by atoms with Gasteiger partial charge in [0.25, 0.3) is 0 Å². The molecule has 142 valence electrons. The van der Waals surface area contributed by atoms with Crippen molar-refractivity contribution in [3.63, 3.8) is 0 Å². The summed E-state index contributed by atoms with van der Waals surface area (Å²) in [6.45, 7) is 4.67. The number of rotatable bonds is 9. The zero-order valence-electron chi connectivity index (χ0n) is 14.8. The van der Waals surface area contributed by atoms with Gasteiger partial charge < -0.3 is 9.30 Å². The van der Waals surface area contributed by atoms with Gasteiger partial charge in [-0.15, -0.1) is 33.4 Å². The Kier molecular flexibility index (Phi) is 6.65. The molecule has 0 radical (unpaired) electrons. The maximum absolute atomic E-state index is 6.17. The van der Waals surface area contributed by atoms with Crippen LogP contribution in [-0.2, 0) is 6.61 Å². The molecule has 1 fully saturated rings. The summed E-state index contributed by atoms with van der Waals surface area (Å²) >= 11 is 20.1. The number of ether oxygens (including phenoxy) is 1. The maximum Gasteiger partial charge on any atom is 0.191 e. The zero-order chi connectivity index (χ0) is 18.7. The second kappa shape index (κ2) is 8.59. The third-order valence-corrected chi connectivity index (χ3v) is 6.95. The first-order valence-electron chi connectivity index (χ1n) is 8.78. The molecule has 4 nitrogen and oxygen atoms in total. The number of para-hydroxylation sites is 1. The van der Waals surface area contributed by atoms with Crippen LogP contribution >= 0.6 is 46.6 Å². The van der Waals surface area contributed by atoms with Crippen molar-refractivity contribution in [1.82, 2.24) is 14.8 Å². The predicted molar refractivity (Wildman–Crippen MR) is 109 cm³/mol. The molecule has 8 heteroatoms. The highest BCUT2D eigenvalue weighted by Gasteiger charge is 2.51. The second-order valence-electron chi connectivity index (χ2n) is 6.43. The van der Waals surface area contributed by atoms with Crippen molar-refractivity contribution in [3.8, 4) is 5.75 Å². The molecule has 0 unspecified atom stereocenters. The van der Waals surface area contributed by atoms with Crippen LogP contribution in [0, 0.1) is 5.92 Å². The van der Waals surface area contributed by atoms with Crippen LogP contribution in [-0.4, -0.2) is 24.9 Å².